The number of rotatable bonds is 4. The van der Waals surface area contributed by atoms with Gasteiger partial charge in [0.1, 0.15) is 17.5 Å². The fraction of sp³-hybridized carbons (Fsp3) is 0.312. The van der Waals surface area contributed by atoms with Crippen molar-refractivity contribution in [3.8, 4) is 0 Å². The maximum atomic E-state index is 11.7. The highest BCUT2D eigenvalue weighted by molar-refractivity contribution is 5.87. The van der Waals surface area contributed by atoms with Crippen LogP contribution in [0.15, 0.2) is 37.3 Å². The minimum Gasteiger partial charge on any atom is -0.338 e. The van der Waals surface area contributed by atoms with Crippen LogP contribution in [0.25, 0.3) is 0 Å². The molecule has 118 valence electrons. The molecular formula is C16H18N6O. The monoisotopic (exact) mass is 310 g/mol. The Balaban J connectivity index is 1.78. The fourth-order valence-electron chi connectivity index (χ4n) is 2.69. The Morgan fingerprint density at radius 3 is 3.00 bits per heavy atom. The second-order valence-electron chi connectivity index (χ2n) is 5.41. The molecule has 0 saturated carbocycles. The number of nitrogens with zero attached hydrogens (tertiary/aromatic N) is 5. The third kappa shape index (κ3) is 3.50. The van der Waals surface area contributed by atoms with Gasteiger partial charge in [0.05, 0.1) is 11.9 Å². The van der Waals surface area contributed by atoms with E-state index in [-0.39, 0.29) is 11.8 Å². The Labute approximate surface area is 134 Å². The van der Waals surface area contributed by atoms with Crippen LogP contribution in [0.3, 0.4) is 0 Å². The summed E-state index contributed by atoms with van der Waals surface area (Å²) in [5, 5.41) is 3.13. The fourth-order valence-corrected chi connectivity index (χ4v) is 2.69. The third-order valence-electron chi connectivity index (χ3n) is 3.77. The van der Waals surface area contributed by atoms with Gasteiger partial charge >= 0.3 is 0 Å². The van der Waals surface area contributed by atoms with Crippen LogP contribution in [-0.4, -0.2) is 43.8 Å². The van der Waals surface area contributed by atoms with Crippen molar-refractivity contribution < 1.29 is 4.79 Å². The first-order chi connectivity index (χ1) is 11.2. The molecule has 1 saturated heterocycles. The molecule has 0 bridgehead atoms. The van der Waals surface area contributed by atoms with E-state index in [4.69, 9.17) is 0 Å². The number of amides is 1. The summed E-state index contributed by atoms with van der Waals surface area (Å²) in [4.78, 5) is 30.6. The lowest BCUT2D eigenvalue weighted by Crippen LogP contribution is -2.26. The Morgan fingerprint density at radius 1 is 1.39 bits per heavy atom. The lowest BCUT2D eigenvalue weighted by Gasteiger charge is -2.15. The lowest BCUT2D eigenvalue weighted by atomic mass is 10.0. The van der Waals surface area contributed by atoms with E-state index in [2.05, 4.69) is 31.8 Å². The van der Waals surface area contributed by atoms with E-state index in [0.717, 1.165) is 18.7 Å². The Kier molecular flexibility index (Phi) is 4.27. The topological polar surface area (TPSA) is 83.9 Å². The maximum Gasteiger partial charge on any atom is 0.245 e. The van der Waals surface area contributed by atoms with Gasteiger partial charge in [-0.3, -0.25) is 9.78 Å². The number of aryl methyl sites for hydroxylation is 1. The zero-order valence-corrected chi connectivity index (χ0v) is 12.9. The highest BCUT2D eigenvalue weighted by Gasteiger charge is 2.27. The molecule has 0 spiro atoms. The average Bonchev–Trinajstić information content (AvgIpc) is 3.04. The van der Waals surface area contributed by atoms with Gasteiger partial charge in [0.2, 0.25) is 5.91 Å². The Hall–Kier alpha value is -2.83. The molecule has 0 aromatic carbocycles. The zero-order chi connectivity index (χ0) is 16.2. The minimum atomic E-state index is -0.0313. The van der Waals surface area contributed by atoms with Crippen molar-refractivity contribution in [2.24, 2.45) is 0 Å². The number of carbonyl (C=O) groups is 1. The van der Waals surface area contributed by atoms with Crippen LogP contribution >= 0.6 is 0 Å². The normalized spacial score (nSPS) is 17.1. The van der Waals surface area contributed by atoms with Crippen LogP contribution in [0.1, 0.15) is 23.9 Å². The van der Waals surface area contributed by atoms with Crippen molar-refractivity contribution in [1.82, 2.24) is 24.8 Å². The van der Waals surface area contributed by atoms with Crippen LogP contribution in [0.5, 0.6) is 0 Å². The highest BCUT2D eigenvalue weighted by atomic mass is 16.2. The first kappa shape index (κ1) is 15.1. The first-order valence-electron chi connectivity index (χ1n) is 7.45. The number of anilines is 2. The summed E-state index contributed by atoms with van der Waals surface area (Å²) < 4.78 is 0. The molecule has 1 amide bonds. The molecule has 3 rings (SSSR count). The van der Waals surface area contributed by atoms with E-state index in [1.807, 2.05) is 13.0 Å². The highest BCUT2D eigenvalue weighted by Crippen LogP contribution is 2.27. The van der Waals surface area contributed by atoms with Crippen LogP contribution < -0.4 is 5.32 Å². The van der Waals surface area contributed by atoms with Gasteiger partial charge in [-0.2, -0.15) is 0 Å². The summed E-state index contributed by atoms with van der Waals surface area (Å²) in [6, 6.07) is 1.91. The van der Waals surface area contributed by atoms with Gasteiger partial charge in [0.15, 0.2) is 0 Å². The standard InChI is InChI=1S/C16H18N6O/c1-3-16(23)22-7-4-12(10-22)13-8-14(20-11(2)19-13)21-15-9-17-5-6-18-15/h3,5-6,8-9,12H,1,4,7,10H2,2H3,(H,18,19,20,21)/t12-/m0/s1. The van der Waals surface area contributed by atoms with Crippen molar-refractivity contribution in [1.29, 1.82) is 0 Å². The average molecular weight is 310 g/mol. The molecule has 0 aliphatic carbocycles. The quantitative estimate of drug-likeness (QED) is 0.867. The van der Waals surface area contributed by atoms with Crippen molar-refractivity contribution in [2.45, 2.75) is 19.3 Å². The molecule has 3 heterocycles. The molecule has 7 nitrogen and oxygen atoms in total. The number of hydrogen-bond acceptors (Lipinski definition) is 6. The predicted molar refractivity (Wildman–Crippen MR) is 86.2 cm³/mol. The largest absolute Gasteiger partial charge is 0.338 e. The molecule has 1 N–H and O–H groups in total. The molecule has 0 radical (unpaired) electrons. The van der Waals surface area contributed by atoms with Gasteiger partial charge in [-0.05, 0) is 19.4 Å². The predicted octanol–water partition coefficient (Wildman–Crippen LogP) is 1.82. The van der Waals surface area contributed by atoms with E-state index in [1.54, 1.807) is 23.5 Å². The maximum absolute atomic E-state index is 11.7. The SMILES string of the molecule is C=CC(=O)N1CC[C@H](c2cc(Nc3cnccn3)nc(C)n2)C1. The molecule has 0 unspecified atom stereocenters. The van der Waals surface area contributed by atoms with Gasteiger partial charge < -0.3 is 10.2 Å². The van der Waals surface area contributed by atoms with Gasteiger partial charge in [-0.1, -0.05) is 6.58 Å². The van der Waals surface area contributed by atoms with E-state index in [9.17, 15) is 4.79 Å². The number of aromatic nitrogens is 4. The van der Waals surface area contributed by atoms with E-state index < -0.39 is 0 Å². The Bertz CT molecular complexity index is 718. The number of hydrogen-bond donors (Lipinski definition) is 1. The molecule has 1 atom stereocenters. The molecule has 1 aliphatic rings. The lowest BCUT2D eigenvalue weighted by molar-refractivity contribution is -0.125. The van der Waals surface area contributed by atoms with Gasteiger partial charge in [0, 0.05) is 37.5 Å². The van der Waals surface area contributed by atoms with Gasteiger partial charge in [-0.15, -0.1) is 0 Å². The van der Waals surface area contributed by atoms with E-state index in [0.29, 0.717) is 24.0 Å². The van der Waals surface area contributed by atoms with Crippen LogP contribution in [0, 0.1) is 6.92 Å². The van der Waals surface area contributed by atoms with Crippen LogP contribution in [0.4, 0.5) is 11.6 Å². The van der Waals surface area contributed by atoms with Crippen LogP contribution in [0.2, 0.25) is 0 Å². The van der Waals surface area contributed by atoms with Crippen molar-refractivity contribution >= 4 is 17.5 Å². The molecule has 7 heteroatoms. The van der Waals surface area contributed by atoms with Crippen LogP contribution in [-0.2, 0) is 4.79 Å². The summed E-state index contributed by atoms with van der Waals surface area (Å²) in [7, 11) is 0. The summed E-state index contributed by atoms with van der Waals surface area (Å²) in [5.74, 6) is 2.18. The van der Waals surface area contributed by atoms with Gasteiger partial charge in [0.25, 0.3) is 0 Å². The molecule has 23 heavy (non-hydrogen) atoms. The zero-order valence-electron chi connectivity index (χ0n) is 12.9. The van der Waals surface area contributed by atoms with E-state index >= 15 is 0 Å². The molecule has 2 aromatic heterocycles. The summed E-state index contributed by atoms with van der Waals surface area (Å²) >= 11 is 0. The van der Waals surface area contributed by atoms with Gasteiger partial charge in [-0.25, -0.2) is 15.0 Å². The Morgan fingerprint density at radius 2 is 2.26 bits per heavy atom. The number of nitrogens with one attached hydrogen (secondary N) is 1. The number of likely N-dealkylation sites (tertiary alicyclic amines) is 1. The summed E-state index contributed by atoms with van der Waals surface area (Å²) in [6.45, 7) is 6.78. The first-order valence-corrected chi connectivity index (χ1v) is 7.45. The minimum absolute atomic E-state index is 0.0313. The molecule has 2 aromatic rings. The number of carbonyl (C=O) groups excluding carboxylic acids is 1. The molecule has 1 fully saturated rings. The summed E-state index contributed by atoms with van der Waals surface area (Å²) in [6.07, 6.45) is 7.12. The second kappa shape index (κ2) is 6.51. The molecular weight excluding hydrogens is 292 g/mol. The second-order valence-corrected chi connectivity index (χ2v) is 5.41. The van der Waals surface area contributed by atoms with E-state index in [1.165, 1.54) is 6.08 Å². The third-order valence-corrected chi connectivity index (χ3v) is 3.77. The van der Waals surface area contributed by atoms with Crippen molar-refractivity contribution in [3.63, 3.8) is 0 Å². The van der Waals surface area contributed by atoms with Crippen molar-refractivity contribution in [3.05, 3.63) is 48.8 Å². The summed E-state index contributed by atoms with van der Waals surface area (Å²) in [5.41, 5.74) is 0.934. The smallest absolute Gasteiger partial charge is 0.245 e. The molecule has 1 aliphatic heterocycles. The van der Waals surface area contributed by atoms with Crippen molar-refractivity contribution in [2.75, 3.05) is 18.4 Å².